The van der Waals surface area contributed by atoms with Crippen molar-refractivity contribution in [3.63, 3.8) is 0 Å². The molecule has 1 aliphatic heterocycles. The van der Waals surface area contributed by atoms with Gasteiger partial charge >= 0.3 is 0 Å². The molecule has 1 amide bonds. The van der Waals surface area contributed by atoms with E-state index < -0.39 is 0 Å². The molecule has 0 bridgehead atoms. The molecular formula is C26H26FN5O. The van der Waals surface area contributed by atoms with Crippen molar-refractivity contribution in [2.24, 2.45) is 0 Å². The minimum Gasteiger partial charge on any atom is -0.336 e. The maximum atomic E-state index is 13.7. The molecule has 1 fully saturated rings. The zero-order chi connectivity index (χ0) is 22.8. The topological polar surface area (TPSA) is 46.3 Å². The van der Waals surface area contributed by atoms with Gasteiger partial charge in [0.2, 0.25) is 0 Å². The average molecular weight is 444 g/mol. The SMILES string of the molecule is Cc1nn(-c2ccc(F)cc2)c(-n2cccc2)c1C(=O)N1CCN(Cc2ccccc2)CC1. The van der Waals surface area contributed by atoms with E-state index in [9.17, 15) is 9.18 Å². The molecule has 0 aliphatic carbocycles. The Morgan fingerprint density at radius 1 is 0.909 bits per heavy atom. The summed E-state index contributed by atoms with van der Waals surface area (Å²) < 4.78 is 17.1. The minimum atomic E-state index is -0.310. The number of nitrogens with zero attached hydrogens (tertiary/aromatic N) is 5. The maximum absolute atomic E-state index is 13.7. The van der Waals surface area contributed by atoms with E-state index in [1.54, 1.807) is 16.8 Å². The Hall–Kier alpha value is -3.71. The van der Waals surface area contributed by atoms with E-state index >= 15 is 0 Å². The highest BCUT2D eigenvalue weighted by molar-refractivity contribution is 5.98. The van der Waals surface area contributed by atoms with E-state index in [0.717, 1.165) is 19.6 Å². The fourth-order valence-corrected chi connectivity index (χ4v) is 4.35. The first-order valence-corrected chi connectivity index (χ1v) is 11.1. The van der Waals surface area contributed by atoms with Crippen molar-refractivity contribution in [2.45, 2.75) is 13.5 Å². The van der Waals surface area contributed by atoms with Crippen LogP contribution in [0.5, 0.6) is 0 Å². The number of benzene rings is 2. The van der Waals surface area contributed by atoms with Gasteiger partial charge in [-0.2, -0.15) is 5.10 Å². The van der Waals surface area contributed by atoms with Gasteiger partial charge in [-0.25, -0.2) is 9.07 Å². The zero-order valence-corrected chi connectivity index (χ0v) is 18.6. The summed E-state index contributed by atoms with van der Waals surface area (Å²) >= 11 is 0. The molecular weight excluding hydrogens is 417 g/mol. The number of piperazine rings is 1. The van der Waals surface area contributed by atoms with Gasteiger partial charge in [0.05, 0.1) is 11.4 Å². The van der Waals surface area contributed by atoms with E-state index in [0.29, 0.717) is 35.9 Å². The predicted octanol–water partition coefficient (Wildman–Crippen LogP) is 4.07. The lowest BCUT2D eigenvalue weighted by molar-refractivity contribution is 0.0628. The van der Waals surface area contributed by atoms with E-state index in [2.05, 4.69) is 34.3 Å². The standard InChI is InChI=1S/C26H26FN5O/c1-20-24(26(33)31-17-15-29(16-18-31)19-21-7-3-2-4-8-21)25(30-13-5-6-14-30)32(28-20)23-11-9-22(27)10-12-23/h2-14H,15-19H2,1H3. The van der Waals surface area contributed by atoms with Crippen LogP contribution in [0.25, 0.3) is 11.5 Å². The predicted molar refractivity (Wildman–Crippen MR) is 125 cm³/mol. The third-order valence-electron chi connectivity index (χ3n) is 6.08. The van der Waals surface area contributed by atoms with E-state index in [4.69, 9.17) is 0 Å². The first-order chi connectivity index (χ1) is 16.1. The molecule has 33 heavy (non-hydrogen) atoms. The summed E-state index contributed by atoms with van der Waals surface area (Å²) in [5, 5.41) is 4.67. The molecule has 0 radical (unpaired) electrons. The van der Waals surface area contributed by atoms with Crippen LogP contribution in [-0.2, 0) is 6.54 Å². The van der Waals surface area contributed by atoms with Crippen LogP contribution in [0.3, 0.4) is 0 Å². The van der Waals surface area contributed by atoms with Crippen molar-refractivity contribution >= 4 is 5.91 Å². The summed E-state index contributed by atoms with van der Waals surface area (Å²) in [5.74, 6) is 0.333. The Labute approximate surface area is 192 Å². The van der Waals surface area contributed by atoms with Crippen LogP contribution < -0.4 is 0 Å². The Morgan fingerprint density at radius 3 is 2.24 bits per heavy atom. The van der Waals surface area contributed by atoms with Crippen LogP contribution in [0.15, 0.2) is 79.1 Å². The van der Waals surface area contributed by atoms with Crippen molar-refractivity contribution in [1.82, 2.24) is 24.1 Å². The fraction of sp³-hybridized carbons (Fsp3) is 0.231. The molecule has 3 heterocycles. The Morgan fingerprint density at radius 2 is 1.58 bits per heavy atom. The van der Waals surface area contributed by atoms with Crippen molar-refractivity contribution < 1.29 is 9.18 Å². The van der Waals surface area contributed by atoms with Gasteiger partial charge in [-0.05, 0) is 48.9 Å². The first-order valence-electron chi connectivity index (χ1n) is 11.1. The second-order valence-corrected chi connectivity index (χ2v) is 8.32. The Bertz CT molecular complexity index is 1220. The van der Waals surface area contributed by atoms with Gasteiger partial charge in [-0.1, -0.05) is 30.3 Å². The lowest BCUT2D eigenvalue weighted by Crippen LogP contribution is -2.48. The highest BCUT2D eigenvalue weighted by Gasteiger charge is 2.29. The second kappa shape index (κ2) is 9.03. The van der Waals surface area contributed by atoms with Crippen molar-refractivity contribution in [2.75, 3.05) is 26.2 Å². The summed E-state index contributed by atoms with van der Waals surface area (Å²) in [6.45, 7) is 5.72. The number of hydrogen-bond acceptors (Lipinski definition) is 3. The molecule has 0 saturated carbocycles. The number of aromatic nitrogens is 3. The van der Waals surface area contributed by atoms with Gasteiger partial charge < -0.3 is 9.47 Å². The summed E-state index contributed by atoms with van der Waals surface area (Å²) in [4.78, 5) is 18.0. The average Bonchev–Trinajstić information content (AvgIpc) is 3.48. The molecule has 4 aromatic rings. The van der Waals surface area contributed by atoms with Crippen LogP contribution >= 0.6 is 0 Å². The van der Waals surface area contributed by atoms with Gasteiger partial charge in [0.25, 0.3) is 5.91 Å². The normalized spacial score (nSPS) is 14.5. The van der Waals surface area contributed by atoms with Gasteiger partial charge in [0.15, 0.2) is 5.82 Å². The Balaban J connectivity index is 1.41. The van der Waals surface area contributed by atoms with Crippen LogP contribution in [-0.4, -0.2) is 56.2 Å². The van der Waals surface area contributed by atoms with Gasteiger partial charge in [-0.3, -0.25) is 9.69 Å². The second-order valence-electron chi connectivity index (χ2n) is 8.32. The van der Waals surface area contributed by atoms with E-state index in [1.807, 2.05) is 47.0 Å². The molecule has 1 aliphatic rings. The number of carbonyl (C=O) groups is 1. The quantitative estimate of drug-likeness (QED) is 0.467. The molecule has 168 valence electrons. The van der Waals surface area contributed by atoms with Crippen LogP contribution in [0, 0.1) is 12.7 Å². The van der Waals surface area contributed by atoms with E-state index in [1.165, 1.54) is 17.7 Å². The molecule has 0 spiro atoms. The third kappa shape index (κ3) is 4.32. The third-order valence-corrected chi connectivity index (χ3v) is 6.08. The number of carbonyl (C=O) groups excluding carboxylic acids is 1. The first kappa shape index (κ1) is 21.2. The number of rotatable bonds is 5. The van der Waals surface area contributed by atoms with E-state index in [-0.39, 0.29) is 11.7 Å². The maximum Gasteiger partial charge on any atom is 0.259 e. The van der Waals surface area contributed by atoms with Gasteiger partial charge in [-0.15, -0.1) is 0 Å². The van der Waals surface area contributed by atoms with Crippen LogP contribution in [0.1, 0.15) is 21.6 Å². The molecule has 7 heteroatoms. The van der Waals surface area contributed by atoms with Gasteiger partial charge in [0, 0.05) is 45.1 Å². The monoisotopic (exact) mass is 443 g/mol. The fourth-order valence-electron chi connectivity index (χ4n) is 4.35. The number of aryl methyl sites for hydroxylation is 1. The largest absolute Gasteiger partial charge is 0.336 e. The molecule has 1 saturated heterocycles. The van der Waals surface area contributed by atoms with Crippen LogP contribution in [0.2, 0.25) is 0 Å². The molecule has 2 aromatic carbocycles. The van der Waals surface area contributed by atoms with Crippen LogP contribution in [0.4, 0.5) is 4.39 Å². The molecule has 0 unspecified atom stereocenters. The molecule has 0 atom stereocenters. The summed E-state index contributed by atoms with van der Waals surface area (Å²) in [5.41, 5.74) is 3.21. The number of amides is 1. The lowest BCUT2D eigenvalue weighted by atomic mass is 10.1. The summed E-state index contributed by atoms with van der Waals surface area (Å²) in [6, 6.07) is 20.4. The number of halogens is 1. The lowest BCUT2D eigenvalue weighted by Gasteiger charge is -2.35. The molecule has 5 rings (SSSR count). The molecule has 6 nitrogen and oxygen atoms in total. The summed E-state index contributed by atoms with van der Waals surface area (Å²) in [7, 11) is 0. The molecule has 0 N–H and O–H groups in total. The van der Waals surface area contributed by atoms with Gasteiger partial charge in [0.1, 0.15) is 11.4 Å². The minimum absolute atomic E-state index is 0.0241. The molecule has 2 aromatic heterocycles. The Kier molecular flexibility index (Phi) is 5.79. The highest BCUT2D eigenvalue weighted by Crippen LogP contribution is 2.25. The van der Waals surface area contributed by atoms with Crippen molar-refractivity contribution in [1.29, 1.82) is 0 Å². The zero-order valence-electron chi connectivity index (χ0n) is 18.6. The smallest absolute Gasteiger partial charge is 0.259 e. The van der Waals surface area contributed by atoms with Crippen molar-refractivity contribution in [3.8, 4) is 11.5 Å². The highest BCUT2D eigenvalue weighted by atomic mass is 19.1. The number of hydrogen-bond donors (Lipinski definition) is 0. The van der Waals surface area contributed by atoms with Crippen molar-refractivity contribution in [3.05, 3.63) is 102 Å². The summed E-state index contributed by atoms with van der Waals surface area (Å²) in [6.07, 6.45) is 3.79.